The number of amides is 2. The number of pyridine rings is 1. The lowest BCUT2D eigenvalue weighted by atomic mass is 10.1. The van der Waals surface area contributed by atoms with E-state index in [-0.39, 0.29) is 25.0 Å². The van der Waals surface area contributed by atoms with Crippen LogP contribution in [0.4, 0.5) is 11.4 Å². The summed E-state index contributed by atoms with van der Waals surface area (Å²) in [4.78, 5) is 37.4. The molecule has 0 spiro atoms. The predicted octanol–water partition coefficient (Wildman–Crippen LogP) is 5.16. The summed E-state index contributed by atoms with van der Waals surface area (Å²) < 4.78 is 5.65. The van der Waals surface area contributed by atoms with E-state index in [1.54, 1.807) is 17.5 Å². The summed E-state index contributed by atoms with van der Waals surface area (Å²) >= 11 is 1.57. The summed E-state index contributed by atoms with van der Waals surface area (Å²) in [6, 6.07) is 17.1. The van der Waals surface area contributed by atoms with Gasteiger partial charge in [-0.05, 0) is 68.3 Å². The fraction of sp³-hybridized carbons (Fsp3) is 0.185. The number of ether oxygens (including phenoxy) is 1. The summed E-state index contributed by atoms with van der Waals surface area (Å²) in [5, 5.41) is 3.76. The van der Waals surface area contributed by atoms with Gasteiger partial charge in [-0.15, -0.1) is 11.3 Å². The van der Waals surface area contributed by atoms with Crippen molar-refractivity contribution in [3.05, 3.63) is 76.8 Å². The van der Waals surface area contributed by atoms with E-state index >= 15 is 0 Å². The number of hydrogen-bond donors (Lipinski definition) is 1. The monoisotopic (exact) mass is 484 g/mol. The topological polar surface area (TPSA) is 84.4 Å². The molecule has 176 valence electrons. The molecule has 0 saturated heterocycles. The SMILES string of the molecule is Cc1cccc(NC(=O)CN2C(=O)COc3ccc(-c4nc(-c5ccccn5)sc4C)cc32)c1C. The highest BCUT2D eigenvalue weighted by molar-refractivity contribution is 7.15. The maximum Gasteiger partial charge on any atom is 0.265 e. The maximum atomic E-state index is 12.9. The van der Waals surface area contributed by atoms with Crippen LogP contribution in [0.25, 0.3) is 22.0 Å². The summed E-state index contributed by atoms with van der Waals surface area (Å²) in [7, 11) is 0. The number of nitrogens with zero attached hydrogens (tertiary/aromatic N) is 3. The van der Waals surface area contributed by atoms with Crippen molar-refractivity contribution < 1.29 is 14.3 Å². The molecule has 0 atom stereocenters. The molecule has 5 rings (SSSR count). The number of aromatic nitrogens is 2. The molecule has 3 heterocycles. The van der Waals surface area contributed by atoms with Crippen LogP contribution in [0.15, 0.2) is 60.8 Å². The zero-order chi connectivity index (χ0) is 24.5. The zero-order valence-electron chi connectivity index (χ0n) is 19.7. The van der Waals surface area contributed by atoms with Gasteiger partial charge in [-0.3, -0.25) is 19.5 Å². The highest BCUT2D eigenvalue weighted by Crippen LogP contribution is 2.39. The minimum Gasteiger partial charge on any atom is -0.482 e. The first-order valence-electron chi connectivity index (χ1n) is 11.2. The number of rotatable bonds is 5. The van der Waals surface area contributed by atoms with Crippen LogP contribution in [0.2, 0.25) is 0 Å². The molecule has 1 N–H and O–H groups in total. The van der Waals surface area contributed by atoms with Crippen LogP contribution < -0.4 is 15.0 Å². The molecule has 8 heteroatoms. The Morgan fingerprint density at radius 2 is 1.97 bits per heavy atom. The first kappa shape index (κ1) is 22.7. The second kappa shape index (κ2) is 9.31. The summed E-state index contributed by atoms with van der Waals surface area (Å²) in [5.41, 5.74) is 5.86. The smallest absolute Gasteiger partial charge is 0.265 e. The number of aryl methyl sites for hydroxylation is 2. The van der Waals surface area contributed by atoms with Crippen LogP contribution in [0.1, 0.15) is 16.0 Å². The molecule has 35 heavy (non-hydrogen) atoms. The van der Waals surface area contributed by atoms with E-state index < -0.39 is 0 Å². The Kier molecular flexibility index (Phi) is 6.05. The van der Waals surface area contributed by atoms with Crippen molar-refractivity contribution in [3.8, 4) is 27.7 Å². The van der Waals surface area contributed by atoms with Gasteiger partial charge in [-0.1, -0.05) is 18.2 Å². The number of carbonyl (C=O) groups is 2. The van der Waals surface area contributed by atoms with Crippen LogP contribution in [0.3, 0.4) is 0 Å². The minimum atomic E-state index is -0.271. The Hall–Kier alpha value is -4.04. The Bertz CT molecular complexity index is 1430. The van der Waals surface area contributed by atoms with Crippen LogP contribution in [-0.4, -0.2) is 34.9 Å². The number of thiazole rings is 1. The molecule has 0 bridgehead atoms. The molecule has 1 aliphatic heterocycles. The van der Waals surface area contributed by atoms with E-state index in [2.05, 4.69) is 10.3 Å². The summed E-state index contributed by atoms with van der Waals surface area (Å²) in [6.45, 7) is 5.75. The minimum absolute atomic E-state index is 0.108. The first-order valence-corrected chi connectivity index (χ1v) is 12.0. The van der Waals surface area contributed by atoms with E-state index in [0.717, 1.165) is 43.7 Å². The predicted molar refractivity (Wildman–Crippen MR) is 138 cm³/mol. The lowest BCUT2D eigenvalue weighted by Gasteiger charge is -2.29. The molecule has 1 aliphatic rings. The van der Waals surface area contributed by atoms with Gasteiger partial charge in [-0.25, -0.2) is 4.98 Å². The van der Waals surface area contributed by atoms with Gasteiger partial charge in [0.15, 0.2) is 6.61 Å². The third kappa shape index (κ3) is 4.52. The van der Waals surface area contributed by atoms with E-state index in [1.807, 2.05) is 75.4 Å². The van der Waals surface area contributed by atoms with E-state index in [1.165, 1.54) is 4.90 Å². The molecule has 0 fully saturated rings. The molecule has 2 aromatic heterocycles. The number of anilines is 2. The molecule has 7 nitrogen and oxygen atoms in total. The Morgan fingerprint density at radius 1 is 1.11 bits per heavy atom. The largest absolute Gasteiger partial charge is 0.482 e. The number of hydrogen-bond acceptors (Lipinski definition) is 6. The highest BCUT2D eigenvalue weighted by atomic mass is 32.1. The van der Waals surface area contributed by atoms with Crippen molar-refractivity contribution >= 4 is 34.5 Å². The third-order valence-corrected chi connectivity index (χ3v) is 7.03. The van der Waals surface area contributed by atoms with Crippen LogP contribution in [-0.2, 0) is 9.59 Å². The van der Waals surface area contributed by atoms with E-state index in [9.17, 15) is 9.59 Å². The standard InChI is InChI=1S/C27H24N4O3S/c1-16-7-6-9-20(17(16)2)29-24(32)14-31-22-13-19(10-11-23(22)34-15-25(31)33)26-18(3)35-27(30-26)21-8-4-5-12-28-21/h4-13H,14-15H2,1-3H3,(H,29,32). The highest BCUT2D eigenvalue weighted by Gasteiger charge is 2.28. The number of nitrogens with one attached hydrogen (secondary N) is 1. The lowest BCUT2D eigenvalue weighted by molar-refractivity contribution is -0.123. The molecule has 2 aromatic carbocycles. The van der Waals surface area contributed by atoms with E-state index in [4.69, 9.17) is 9.72 Å². The quantitative estimate of drug-likeness (QED) is 0.423. The van der Waals surface area contributed by atoms with Crippen LogP contribution in [0.5, 0.6) is 5.75 Å². The van der Waals surface area contributed by atoms with Crippen LogP contribution >= 0.6 is 11.3 Å². The Balaban J connectivity index is 1.44. The molecular formula is C27H24N4O3S. The Labute approximate surface area is 207 Å². The fourth-order valence-corrected chi connectivity index (χ4v) is 4.92. The average Bonchev–Trinajstić information content (AvgIpc) is 3.25. The normalized spacial score (nSPS) is 12.8. The molecule has 0 saturated carbocycles. The van der Waals surface area contributed by atoms with Crippen molar-refractivity contribution in [2.24, 2.45) is 0 Å². The number of fused-ring (bicyclic) bond motifs is 1. The van der Waals surface area contributed by atoms with Crippen molar-refractivity contribution in [3.63, 3.8) is 0 Å². The van der Waals surface area contributed by atoms with Crippen molar-refractivity contribution in [1.29, 1.82) is 0 Å². The summed E-state index contributed by atoms with van der Waals surface area (Å²) in [5.74, 6) is 0.0215. The van der Waals surface area contributed by atoms with Gasteiger partial charge < -0.3 is 10.1 Å². The van der Waals surface area contributed by atoms with Crippen molar-refractivity contribution in [1.82, 2.24) is 9.97 Å². The van der Waals surface area contributed by atoms with Crippen molar-refractivity contribution in [2.75, 3.05) is 23.4 Å². The fourth-order valence-electron chi connectivity index (χ4n) is 4.01. The molecule has 0 aliphatic carbocycles. The van der Waals surface area contributed by atoms with Gasteiger partial charge in [0.25, 0.3) is 5.91 Å². The molecule has 0 radical (unpaired) electrons. The van der Waals surface area contributed by atoms with E-state index in [0.29, 0.717) is 11.4 Å². The molecule has 2 amide bonds. The maximum absolute atomic E-state index is 12.9. The number of carbonyl (C=O) groups excluding carboxylic acids is 2. The van der Waals surface area contributed by atoms with Gasteiger partial charge in [0.2, 0.25) is 5.91 Å². The van der Waals surface area contributed by atoms with Gasteiger partial charge in [0.05, 0.1) is 17.1 Å². The van der Waals surface area contributed by atoms with Crippen molar-refractivity contribution in [2.45, 2.75) is 20.8 Å². The Morgan fingerprint density at radius 3 is 2.77 bits per heavy atom. The molecule has 4 aromatic rings. The molecular weight excluding hydrogens is 460 g/mol. The third-order valence-electron chi connectivity index (χ3n) is 6.04. The second-order valence-corrected chi connectivity index (χ2v) is 9.59. The second-order valence-electron chi connectivity index (χ2n) is 8.39. The van der Waals surface area contributed by atoms with Gasteiger partial charge >= 0.3 is 0 Å². The van der Waals surface area contributed by atoms with Gasteiger partial charge in [0, 0.05) is 22.3 Å². The van der Waals surface area contributed by atoms with Gasteiger partial charge in [-0.2, -0.15) is 0 Å². The first-order chi connectivity index (χ1) is 16.9. The zero-order valence-corrected chi connectivity index (χ0v) is 20.5. The van der Waals surface area contributed by atoms with Gasteiger partial charge in [0.1, 0.15) is 17.3 Å². The van der Waals surface area contributed by atoms with Crippen LogP contribution in [0, 0.1) is 20.8 Å². The molecule has 0 unspecified atom stereocenters. The number of benzene rings is 2. The average molecular weight is 485 g/mol. The lowest BCUT2D eigenvalue weighted by Crippen LogP contribution is -2.43. The summed E-state index contributed by atoms with van der Waals surface area (Å²) in [6.07, 6.45) is 1.74.